The van der Waals surface area contributed by atoms with Gasteiger partial charge < -0.3 is 4.74 Å². The molecule has 5 heteroatoms. The van der Waals surface area contributed by atoms with Gasteiger partial charge in [0.25, 0.3) is 0 Å². The quantitative estimate of drug-likeness (QED) is 0.748. The Labute approximate surface area is 92.5 Å². The van der Waals surface area contributed by atoms with Gasteiger partial charge in [-0.2, -0.15) is 5.10 Å². The number of aryl methyl sites for hydroxylation is 1. The molecule has 2 aromatic rings. The monoisotopic (exact) mass is 223 g/mol. The van der Waals surface area contributed by atoms with Crippen LogP contribution in [0.3, 0.4) is 0 Å². The minimum atomic E-state index is 0.369. The first-order valence-electron chi connectivity index (χ1n) is 4.47. The highest BCUT2D eigenvalue weighted by Gasteiger charge is 2.02. The van der Waals surface area contributed by atoms with Crippen LogP contribution < -0.4 is 4.74 Å². The lowest BCUT2D eigenvalue weighted by Gasteiger charge is -2.04. The predicted molar refractivity (Wildman–Crippen MR) is 56.8 cm³/mol. The number of hydrogen-bond donors (Lipinski definition) is 0. The number of hydrogen-bond acceptors (Lipinski definition) is 3. The van der Waals surface area contributed by atoms with Gasteiger partial charge in [0, 0.05) is 19.4 Å². The fourth-order valence-electron chi connectivity index (χ4n) is 1.17. The Morgan fingerprint density at radius 3 is 3.00 bits per heavy atom. The molecule has 0 aliphatic rings. The second kappa shape index (κ2) is 4.31. The Balaban J connectivity index is 2.02. The normalized spacial score (nSPS) is 10.3. The number of nitrogens with zero attached hydrogens (tertiary/aromatic N) is 3. The molecule has 0 bridgehead atoms. The standard InChI is InChI=1S/C10H10ClN3O/c1-14-6-4-8(13-14)7-15-9-3-2-5-12-10(9)11/h2-6H,7H2,1H3. The summed E-state index contributed by atoms with van der Waals surface area (Å²) in [6.45, 7) is 0.395. The van der Waals surface area contributed by atoms with Crippen molar-refractivity contribution in [3.8, 4) is 5.75 Å². The van der Waals surface area contributed by atoms with Crippen LogP contribution >= 0.6 is 11.6 Å². The molecule has 2 aromatic heterocycles. The van der Waals surface area contributed by atoms with Gasteiger partial charge in [0.15, 0.2) is 10.9 Å². The Bertz CT molecular complexity index is 455. The van der Waals surface area contributed by atoms with E-state index in [0.29, 0.717) is 17.5 Å². The summed E-state index contributed by atoms with van der Waals surface area (Å²) in [5, 5.41) is 4.55. The number of pyridine rings is 1. The van der Waals surface area contributed by atoms with E-state index in [1.54, 1.807) is 23.0 Å². The molecule has 0 atom stereocenters. The van der Waals surface area contributed by atoms with Crippen molar-refractivity contribution < 1.29 is 4.74 Å². The molecular formula is C10H10ClN3O. The van der Waals surface area contributed by atoms with E-state index < -0.39 is 0 Å². The van der Waals surface area contributed by atoms with Crippen molar-refractivity contribution in [2.75, 3.05) is 0 Å². The highest BCUT2D eigenvalue weighted by Crippen LogP contribution is 2.21. The van der Waals surface area contributed by atoms with Crippen molar-refractivity contribution in [2.45, 2.75) is 6.61 Å². The van der Waals surface area contributed by atoms with Gasteiger partial charge in [0.2, 0.25) is 0 Å². The lowest BCUT2D eigenvalue weighted by molar-refractivity contribution is 0.299. The fraction of sp³-hybridized carbons (Fsp3) is 0.200. The van der Waals surface area contributed by atoms with E-state index >= 15 is 0 Å². The average Bonchev–Trinajstić information content (AvgIpc) is 2.63. The maximum atomic E-state index is 5.83. The third-order valence-corrected chi connectivity index (χ3v) is 2.15. The zero-order valence-electron chi connectivity index (χ0n) is 8.22. The molecule has 0 radical (unpaired) electrons. The van der Waals surface area contributed by atoms with E-state index in [4.69, 9.17) is 16.3 Å². The van der Waals surface area contributed by atoms with Gasteiger partial charge in [-0.05, 0) is 18.2 Å². The zero-order chi connectivity index (χ0) is 10.7. The molecule has 0 unspecified atom stereocenters. The van der Waals surface area contributed by atoms with Gasteiger partial charge in [-0.15, -0.1) is 0 Å². The van der Waals surface area contributed by atoms with Crippen LogP contribution in [0.2, 0.25) is 5.15 Å². The largest absolute Gasteiger partial charge is 0.484 e. The topological polar surface area (TPSA) is 39.9 Å². The Kier molecular flexibility index (Phi) is 2.87. The summed E-state index contributed by atoms with van der Waals surface area (Å²) >= 11 is 5.83. The van der Waals surface area contributed by atoms with Crippen LogP contribution in [0.5, 0.6) is 5.75 Å². The summed E-state index contributed by atoms with van der Waals surface area (Å²) in [5.74, 6) is 0.574. The molecule has 0 N–H and O–H groups in total. The summed E-state index contributed by atoms with van der Waals surface area (Å²) in [4.78, 5) is 3.91. The van der Waals surface area contributed by atoms with Crippen molar-refractivity contribution in [2.24, 2.45) is 7.05 Å². The van der Waals surface area contributed by atoms with Crippen LogP contribution in [0, 0.1) is 0 Å². The first kappa shape index (κ1) is 9.98. The van der Waals surface area contributed by atoms with E-state index in [9.17, 15) is 0 Å². The second-order valence-corrected chi connectivity index (χ2v) is 3.42. The highest BCUT2D eigenvalue weighted by atomic mass is 35.5. The molecule has 2 rings (SSSR count). The van der Waals surface area contributed by atoms with E-state index in [2.05, 4.69) is 10.1 Å². The molecule has 15 heavy (non-hydrogen) atoms. The number of aromatic nitrogens is 3. The van der Waals surface area contributed by atoms with Gasteiger partial charge in [-0.3, -0.25) is 4.68 Å². The third-order valence-electron chi connectivity index (χ3n) is 1.87. The lowest BCUT2D eigenvalue weighted by Crippen LogP contribution is -1.98. The molecule has 4 nitrogen and oxygen atoms in total. The molecule has 0 spiro atoms. The summed E-state index contributed by atoms with van der Waals surface area (Å²) in [6, 6.07) is 5.45. The van der Waals surface area contributed by atoms with Crippen molar-refractivity contribution in [1.29, 1.82) is 0 Å². The fourth-order valence-corrected chi connectivity index (χ4v) is 1.34. The first-order valence-corrected chi connectivity index (χ1v) is 4.85. The maximum absolute atomic E-state index is 5.83. The molecule has 0 saturated heterocycles. The minimum absolute atomic E-state index is 0.369. The van der Waals surface area contributed by atoms with Gasteiger partial charge in [-0.25, -0.2) is 4.98 Å². The minimum Gasteiger partial charge on any atom is -0.484 e. The zero-order valence-corrected chi connectivity index (χ0v) is 8.98. The van der Waals surface area contributed by atoms with Crippen LogP contribution in [0.4, 0.5) is 0 Å². The molecule has 0 aliphatic heterocycles. The van der Waals surface area contributed by atoms with Crippen LogP contribution in [0.15, 0.2) is 30.6 Å². The third kappa shape index (κ3) is 2.47. The molecule has 0 aliphatic carbocycles. The van der Waals surface area contributed by atoms with E-state index in [0.717, 1.165) is 5.69 Å². The number of halogens is 1. The van der Waals surface area contributed by atoms with Gasteiger partial charge in [0.1, 0.15) is 6.61 Å². The van der Waals surface area contributed by atoms with Crippen LogP contribution in [-0.4, -0.2) is 14.8 Å². The second-order valence-electron chi connectivity index (χ2n) is 3.06. The Hall–Kier alpha value is -1.55. The summed E-state index contributed by atoms with van der Waals surface area (Å²) in [6.07, 6.45) is 3.49. The molecule has 0 fully saturated rings. The summed E-state index contributed by atoms with van der Waals surface area (Å²) in [5.41, 5.74) is 0.859. The van der Waals surface area contributed by atoms with Crippen LogP contribution in [0.1, 0.15) is 5.69 Å². The number of rotatable bonds is 3. The van der Waals surface area contributed by atoms with Crippen molar-refractivity contribution in [1.82, 2.24) is 14.8 Å². The van der Waals surface area contributed by atoms with Gasteiger partial charge in [-0.1, -0.05) is 11.6 Å². The lowest BCUT2D eigenvalue weighted by atomic mass is 10.4. The van der Waals surface area contributed by atoms with E-state index in [1.807, 2.05) is 19.3 Å². The van der Waals surface area contributed by atoms with E-state index in [-0.39, 0.29) is 0 Å². The highest BCUT2D eigenvalue weighted by molar-refractivity contribution is 6.30. The molecular weight excluding hydrogens is 214 g/mol. The van der Waals surface area contributed by atoms with Crippen molar-refractivity contribution >= 4 is 11.6 Å². The smallest absolute Gasteiger partial charge is 0.171 e. The molecule has 2 heterocycles. The molecule has 78 valence electrons. The summed E-state index contributed by atoms with van der Waals surface area (Å²) < 4.78 is 7.19. The Morgan fingerprint density at radius 2 is 2.33 bits per heavy atom. The average molecular weight is 224 g/mol. The Morgan fingerprint density at radius 1 is 1.47 bits per heavy atom. The van der Waals surface area contributed by atoms with Gasteiger partial charge >= 0.3 is 0 Å². The number of ether oxygens (including phenoxy) is 1. The van der Waals surface area contributed by atoms with E-state index in [1.165, 1.54) is 0 Å². The maximum Gasteiger partial charge on any atom is 0.171 e. The summed E-state index contributed by atoms with van der Waals surface area (Å²) in [7, 11) is 1.86. The molecule has 0 amide bonds. The van der Waals surface area contributed by atoms with Gasteiger partial charge in [0.05, 0.1) is 5.69 Å². The molecule has 0 saturated carbocycles. The van der Waals surface area contributed by atoms with Crippen molar-refractivity contribution in [3.63, 3.8) is 0 Å². The predicted octanol–water partition coefficient (Wildman–Crippen LogP) is 2.05. The SMILES string of the molecule is Cn1ccc(COc2cccnc2Cl)n1. The first-order chi connectivity index (χ1) is 7.25. The van der Waals surface area contributed by atoms with Crippen LogP contribution in [0.25, 0.3) is 0 Å². The molecule has 0 aromatic carbocycles. The van der Waals surface area contributed by atoms with Crippen LogP contribution in [-0.2, 0) is 13.7 Å². The van der Waals surface area contributed by atoms with Crippen molar-refractivity contribution in [3.05, 3.63) is 41.4 Å².